The van der Waals surface area contributed by atoms with Crippen LogP contribution in [-0.4, -0.2) is 69.9 Å². The highest BCUT2D eigenvalue weighted by molar-refractivity contribution is 7.00. The first-order valence-corrected chi connectivity index (χ1v) is 28.5. The smallest absolute Gasteiger partial charge is 0.395 e. The summed E-state index contributed by atoms with van der Waals surface area (Å²) in [6.45, 7) is 18.6. The van der Waals surface area contributed by atoms with Crippen LogP contribution in [0.1, 0.15) is 0 Å². The summed E-state index contributed by atoms with van der Waals surface area (Å²) in [6, 6.07) is 0. The van der Waals surface area contributed by atoms with Crippen molar-refractivity contribution >= 4 is 69.9 Å². The molecule has 0 unspecified atom stereocenters. The molecule has 7 saturated heterocycles. The van der Waals surface area contributed by atoms with E-state index in [1.54, 1.807) is 13.1 Å². The van der Waals surface area contributed by atoms with Crippen LogP contribution in [0.15, 0.2) is 0 Å². The van der Waals surface area contributed by atoms with E-state index in [0.29, 0.717) is 0 Å². The zero-order valence-corrected chi connectivity index (χ0v) is 26.5. The number of fused-ring (bicyclic) bond motifs is 4. The molecule has 0 amide bonds. The molecular formula is C10H30O11Si8. The van der Waals surface area contributed by atoms with E-state index in [2.05, 4.69) is 0 Å². The third-order valence-electron chi connectivity index (χ3n) is 4.32. The van der Waals surface area contributed by atoms with Crippen LogP contribution in [0.3, 0.4) is 0 Å². The molecule has 7 rings (SSSR count). The van der Waals surface area contributed by atoms with E-state index in [-0.39, 0.29) is 0 Å². The van der Waals surface area contributed by atoms with Gasteiger partial charge in [-0.15, -0.1) is 0 Å². The maximum Gasteiger partial charge on any atom is 0.475 e. The van der Waals surface area contributed by atoms with E-state index in [0.717, 1.165) is 0 Å². The lowest BCUT2D eigenvalue weighted by molar-refractivity contribution is 0.0213. The Labute approximate surface area is 180 Å². The minimum atomic E-state index is -3.41. The van der Waals surface area contributed by atoms with Gasteiger partial charge in [-0.3, -0.25) is 0 Å². The Bertz CT molecular complexity index is 660. The van der Waals surface area contributed by atoms with Crippen molar-refractivity contribution in [2.45, 2.75) is 65.5 Å². The van der Waals surface area contributed by atoms with Crippen LogP contribution in [0.2, 0.25) is 65.5 Å². The molecule has 0 aromatic heterocycles. The Morgan fingerprint density at radius 1 is 0.241 bits per heavy atom. The monoisotopic (exact) mass is 550 g/mol. The van der Waals surface area contributed by atoms with E-state index < -0.39 is 69.9 Å². The summed E-state index contributed by atoms with van der Waals surface area (Å²) >= 11 is 0. The first-order chi connectivity index (χ1) is 12.8. The maximum absolute atomic E-state index is 6.51. The van der Waals surface area contributed by atoms with Gasteiger partial charge in [-0.2, -0.15) is 0 Å². The van der Waals surface area contributed by atoms with Gasteiger partial charge in [0.25, 0.3) is 0 Å². The third-order valence-corrected chi connectivity index (χ3v) is 38.9. The highest BCUT2D eigenvalue weighted by atomic mass is 28.6. The van der Waals surface area contributed by atoms with E-state index in [4.69, 9.17) is 45.3 Å². The first-order valence-electron chi connectivity index (χ1n) is 9.49. The standard InChI is InChI=1S/C10H30O11Si8/c1-22(2)11-24(5)15-25(6)12-23(3,4)14-27(8)19-29(10,17-25)20-26(7,13-22)18-28(9,16-24)21-27/h1-10H3/t24-,25-,26+,27+,28-,29-/m0/s1. The van der Waals surface area contributed by atoms with E-state index >= 15 is 0 Å². The van der Waals surface area contributed by atoms with Gasteiger partial charge in [0.15, 0.2) is 0 Å². The molecule has 0 aliphatic carbocycles. The highest BCUT2D eigenvalue weighted by Crippen LogP contribution is 2.44. The van der Waals surface area contributed by atoms with Crippen LogP contribution < -0.4 is 0 Å². The summed E-state index contributed by atoms with van der Waals surface area (Å²) in [5.41, 5.74) is 0. The largest absolute Gasteiger partial charge is 0.475 e. The molecule has 0 saturated carbocycles. The van der Waals surface area contributed by atoms with Gasteiger partial charge in [0.2, 0.25) is 0 Å². The zero-order valence-electron chi connectivity index (χ0n) is 18.5. The Hall–Kier alpha value is 1.30. The summed E-state index contributed by atoms with van der Waals surface area (Å²) in [6.07, 6.45) is 0. The summed E-state index contributed by atoms with van der Waals surface area (Å²) < 4.78 is 71.2. The van der Waals surface area contributed by atoms with Gasteiger partial charge < -0.3 is 45.3 Å². The fourth-order valence-corrected chi connectivity index (χ4v) is 48.5. The van der Waals surface area contributed by atoms with Crippen LogP contribution in [0.25, 0.3) is 0 Å². The third kappa shape index (κ3) is 4.82. The van der Waals surface area contributed by atoms with Gasteiger partial charge in [0.05, 0.1) is 0 Å². The van der Waals surface area contributed by atoms with Crippen LogP contribution in [-0.2, 0) is 45.3 Å². The second kappa shape index (κ2) is 6.45. The Morgan fingerprint density at radius 3 is 0.552 bits per heavy atom. The van der Waals surface area contributed by atoms with Gasteiger partial charge in [-0.05, 0) is 26.2 Å². The average molecular weight is 551 g/mol. The lowest BCUT2D eigenvalue weighted by Gasteiger charge is -2.57. The topological polar surface area (TPSA) is 102 Å². The molecule has 7 aliphatic rings. The number of hydrogen-bond donors (Lipinski definition) is 0. The molecule has 7 heterocycles. The highest BCUT2D eigenvalue weighted by Gasteiger charge is 2.73. The molecule has 7 fully saturated rings. The van der Waals surface area contributed by atoms with Crippen LogP contribution in [0.5, 0.6) is 0 Å². The van der Waals surface area contributed by atoms with Gasteiger partial charge in [-0.1, -0.05) is 0 Å². The lowest BCUT2D eigenvalue weighted by atomic mass is 11.9. The van der Waals surface area contributed by atoms with Crippen LogP contribution in [0, 0.1) is 0 Å². The van der Waals surface area contributed by atoms with Crippen molar-refractivity contribution in [1.29, 1.82) is 0 Å². The zero-order chi connectivity index (χ0) is 21.8. The molecule has 7 aliphatic heterocycles. The molecule has 0 aromatic carbocycles. The summed E-state index contributed by atoms with van der Waals surface area (Å²) in [5, 5.41) is 0. The Balaban J connectivity index is 1.97. The van der Waals surface area contributed by atoms with Crippen molar-refractivity contribution in [2.75, 3.05) is 0 Å². The predicted octanol–water partition coefficient (Wildman–Crippen LogP) is 2.04. The molecule has 29 heavy (non-hydrogen) atoms. The normalized spacial score (nSPS) is 56.5. The second-order valence-corrected chi connectivity index (χ2v) is 34.0. The van der Waals surface area contributed by atoms with Crippen molar-refractivity contribution in [3.05, 3.63) is 0 Å². The summed E-state index contributed by atoms with van der Waals surface area (Å²) in [7, 11) is -25.7. The SMILES string of the molecule is C[Si]1(C)O[Si@@]2(C)O[Si@]3(C)O[Si](C)(C)O[Si@]4(C)O[Si@](C)(O3)O[Si@](C)(O1)O[Si@](C)(O2)O4. The minimum absolute atomic E-state index is 1.80. The Kier molecular flexibility index (Phi) is 5.22. The van der Waals surface area contributed by atoms with E-state index in [1.165, 1.54) is 0 Å². The molecular weight excluding hydrogens is 521 g/mol. The molecule has 168 valence electrons. The summed E-state index contributed by atoms with van der Waals surface area (Å²) in [5.74, 6) is 0. The van der Waals surface area contributed by atoms with Crippen LogP contribution in [0.4, 0.5) is 0 Å². The van der Waals surface area contributed by atoms with E-state index in [1.807, 2.05) is 52.4 Å². The molecule has 2 atom stereocenters. The predicted molar refractivity (Wildman–Crippen MR) is 117 cm³/mol. The Morgan fingerprint density at radius 2 is 0.379 bits per heavy atom. The quantitative estimate of drug-likeness (QED) is 0.414. The van der Waals surface area contributed by atoms with Gasteiger partial charge in [0, 0.05) is 39.3 Å². The molecule has 0 radical (unpaired) electrons. The number of hydrogen-bond acceptors (Lipinski definition) is 11. The van der Waals surface area contributed by atoms with Crippen molar-refractivity contribution in [3.63, 3.8) is 0 Å². The first kappa shape index (κ1) is 23.5. The number of rotatable bonds is 0. The summed E-state index contributed by atoms with van der Waals surface area (Å²) in [4.78, 5) is 0. The van der Waals surface area contributed by atoms with Gasteiger partial charge >= 0.3 is 69.9 Å². The van der Waals surface area contributed by atoms with Crippen molar-refractivity contribution in [3.8, 4) is 0 Å². The average Bonchev–Trinajstić information content (AvgIpc) is 2.22. The van der Waals surface area contributed by atoms with Crippen molar-refractivity contribution < 1.29 is 45.3 Å². The molecule has 0 spiro atoms. The molecule has 0 aromatic rings. The molecule has 19 heteroatoms. The molecule has 11 nitrogen and oxygen atoms in total. The second-order valence-electron chi connectivity index (χ2n) is 9.10. The van der Waals surface area contributed by atoms with Gasteiger partial charge in [-0.25, -0.2) is 0 Å². The lowest BCUT2D eigenvalue weighted by Crippen LogP contribution is -2.82. The minimum Gasteiger partial charge on any atom is -0.395 e. The maximum atomic E-state index is 6.51. The molecule has 0 N–H and O–H groups in total. The van der Waals surface area contributed by atoms with Gasteiger partial charge in [0.1, 0.15) is 0 Å². The van der Waals surface area contributed by atoms with Crippen molar-refractivity contribution in [2.24, 2.45) is 0 Å². The fourth-order valence-electron chi connectivity index (χ4n) is 4.56. The van der Waals surface area contributed by atoms with Crippen LogP contribution >= 0.6 is 0 Å². The molecule has 6 bridgehead atoms. The van der Waals surface area contributed by atoms with Crippen molar-refractivity contribution in [1.82, 2.24) is 0 Å². The van der Waals surface area contributed by atoms with E-state index in [9.17, 15) is 0 Å². The fraction of sp³-hybridized carbons (Fsp3) is 1.00.